The summed E-state index contributed by atoms with van der Waals surface area (Å²) in [7, 11) is 1.59. The number of ether oxygens (including phenoxy) is 1. The van der Waals surface area contributed by atoms with Gasteiger partial charge in [0.2, 0.25) is 0 Å². The van der Waals surface area contributed by atoms with E-state index < -0.39 is 0 Å². The highest BCUT2D eigenvalue weighted by Gasteiger charge is 2.07. The monoisotopic (exact) mass is 305 g/mol. The lowest BCUT2D eigenvalue weighted by atomic mass is 10.2. The summed E-state index contributed by atoms with van der Waals surface area (Å²) in [4.78, 5) is 20.7. The first-order valence-electron chi connectivity index (χ1n) is 7.09. The molecule has 114 valence electrons. The number of aromatic nitrogens is 2. The topological polar surface area (TPSA) is 64.1 Å². The molecule has 3 rings (SSSR count). The molecule has 0 saturated heterocycles. The molecule has 0 spiro atoms. The molecule has 5 heteroatoms. The van der Waals surface area contributed by atoms with E-state index in [0.717, 1.165) is 11.4 Å². The number of pyridine rings is 2. The molecule has 5 nitrogen and oxygen atoms in total. The lowest BCUT2D eigenvalue weighted by Gasteiger charge is -2.06. The van der Waals surface area contributed by atoms with Crippen molar-refractivity contribution in [3.63, 3.8) is 0 Å². The quantitative estimate of drug-likeness (QED) is 0.802. The van der Waals surface area contributed by atoms with E-state index in [1.165, 1.54) is 0 Å². The van der Waals surface area contributed by atoms with Crippen LogP contribution in [-0.4, -0.2) is 23.0 Å². The molecular weight excluding hydrogens is 290 g/mol. The summed E-state index contributed by atoms with van der Waals surface area (Å²) in [6.45, 7) is 0. The molecule has 1 amide bonds. The Morgan fingerprint density at radius 3 is 2.35 bits per heavy atom. The fraction of sp³-hybridized carbons (Fsp3) is 0.0556. The van der Waals surface area contributed by atoms with Gasteiger partial charge in [0.05, 0.1) is 30.4 Å². The Hall–Kier alpha value is -3.21. The minimum atomic E-state index is -0.194. The Bertz CT molecular complexity index is 785. The van der Waals surface area contributed by atoms with Crippen LogP contribution in [0.15, 0.2) is 67.0 Å². The summed E-state index contributed by atoms with van der Waals surface area (Å²) in [6, 6.07) is 16.2. The number of rotatable bonds is 4. The smallest absolute Gasteiger partial charge is 0.255 e. The molecule has 0 saturated carbocycles. The van der Waals surface area contributed by atoms with Crippen LogP contribution >= 0.6 is 0 Å². The number of benzene rings is 1. The van der Waals surface area contributed by atoms with Gasteiger partial charge in [0.15, 0.2) is 0 Å². The SMILES string of the molecule is COc1ccc(C(=O)Nc2ccc(-c3ccccn3)nc2)cc1. The molecule has 2 aromatic heterocycles. The minimum Gasteiger partial charge on any atom is -0.497 e. The van der Waals surface area contributed by atoms with Gasteiger partial charge in [0, 0.05) is 11.8 Å². The number of nitrogens with one attached hydrogen (secondary N) is 1. The van der Waals surface area contributed by atoms with Gasteiger partial charge in [-0.3, -0.25) is 14.8 Å². The highest BCUT2D eigenvalue weighted by Crippen LogP contribution is 2.17. The van der Waals surface area contributed by atoms with E-state index in [0.29, 0.717) is 17.0 Å². The van der Waals surface area contributed by atoms with Crippen LogP contribution in [0.4, 0.5) is 5.69 Å². The number of hydrogen-bond donors (Lipinski definition) is 1. The van der Waals surface area contributed by atoms with Crippen molar-refractivity contribution in [2.75, 3.05) is 12.4 Å². The maximum Gasteiger partial charge on any atom is 0.255 e. The predicted molar refractivity (Wildman–Crippen MR) is 88.4 cm³/mol. The zero-order chi connectivity index (χ0) is 16.1. The number of carbonyl (C=O) groups excluding carboxylic acids is 1. The van der Waals surface area contributed by atoms with E-state index >= 15 is 0 Å². The molecule has 0 atom stereocenters. The van der Waals surface area contributed by atoms with Gasteiger partial charge in [-0.1, -0.05) is 6.07 Å². The standard InChI is InChI=1S/C18H15N3O2/c1-23-15-8-5-13(6-9-15)18(22)21-14-7-10-17(20-12-14)16-4-2-3-11-19-16/h2-12H,1H3,(H,21,22). The highest BCUT2D eigenvalue weighted by atomic mass is 16.5. The van der Waals surface area contributed by atoms with Gasteiger partial charge < -0.3 is 10.1 Å². The Morgan fingerprint density at radius 2 is 1.74 bits per heavy atom. The first kappa shape index (κ1) is 14.7. The number of nitrogens with zero attached hydrogens (tertiary/aromatic N) is 2. The Kier molecular flexibility index (Phi) is 4.29. The number of anilines is 1. The van der Waals surface area contributed by atoms with E-state index in [-0.39, 0.29) is 5.91 Å². The molecule has 0 bridgehead atoms. The lowest BCUT2D eigenvalue weighted by Crippen LogP contribution is -2.11. The zero-order valence-electron chi connectivity index (χ0n) is 12.6. The van der Waals surface area contributed by atoms with E-state index in [4.69, 9.17) is 4.74 Å². The summed E-state index contributed by atoms with van der Waals surface area (Å²) >= 11 is 0. The predicted octanol–water partition coefficient (Wildman–Crippen LogP) is 3.40. The fourth-order valence-corrected chi connectivity index (χ4v) is 2.08. The largest absolute Gasteiger partial charge is 0.497 e. The summed E-state index contributed by atoms with van der Waals surface area (Å²) in [6.07, 6.45) is 3.34. The second-order valence-electron chi connectivity index (χ2n) is 4.83. The maximum absolute atomic E-state index is 12.2. The van der Waals surface area contributed by atoms with Crippen molar-refractivity contribution in [3.05, 3.63) is 72.6 Å². The Balaban J connectivity index is 1.71. The van der Waals surface area contributed by atoms with Crippen molar-refractivity contribution in [1.82, 2.24) is 9.97 Å². The van der Waals surface area contributed by atoms with Crippen LogP contribution in [0, 0.1) is 0 Å². The number of methoxy groups -OCH3 is 1. The molecule has 23 heavy (non-hydrogen) atoms. The third kappa shape index (κ3) is 3.52. The summed E-state index contributed by atoms with van der Waals surface area (Å²) in [5.41, 5.74) is 2.73. The normalized spacial score (nSPS) is 10.1. The van der Waals surface area contributed by atoms with Crippen LogP contribution in [0.25, 0.3) is 11.4 Å². The Labute approximate surface area is 134 Å². The molecule has 2 heterocycles. The van der Waals surface area contributed by atoms with Gasteiger partial charge >= 0.3 is 0 Å². The third-order valence-corrected chi connectivity index (χ3v) is 3.30. The molecule has 0 unspecified atom stereocenters. The van der Waals surface area contributed by atoms with Crippen molar-refractivity contribution in [2.24, 2.45) is 0 Å². The maximum atomic E-state index is 12.2. The fourth-order valence-electron chi connectivity index (χ4n) is 2.08. The third-order valence-electron chi connectivity index (χ3n) is 3.30. The second kappa shape index (κ2) is 6.70. The van der Waals surface area contributed by atoms with Crippen LogP contribution in [0.1, 0.15) is 10.4 Å². The van der Waals surface area contributed by atoms with Crippen LogP contribution in [0.2, 0.25) is 0 Å². The van der Waals surface area contributed by atoms with Gasteiger partial charge in [0.1, 0.15) is 5.75 Å². The van der Waals surface area contributed by atoms with Gasteiger partial charge in [-0.05, 0) is 48.5 Å². The highest BCUT2D eigenvalue weighted by molar-refractivity contribution is 6.04. The molecule has 0 fully saturated rings. The van der Waals surface area contributed by atoms with Crippen molar-refractivity contribution in [3.8, 4) is 17.1 Å². The summed E-state index contributed by atoms with van der Waals surface area (Å²) in [5, 5.41) is 2.81. The lowest BCUT2D eigenvalue weighted by molar-refractivity contribution is 0.102. The van der Waals surface area contributed by atoms with E-state index in [1.807, 2.05) is 24.3 Å². The molecule has 1 aromatic carbocycles. The van der Waals surface area contributed by atoms with E-state index in [1.54, 1.807) is 49.8 Å². The molecule has 3 aromatic rings. The average Bonchev–Trinajstić information content (AvgIpc) is 2.63. The van der Waals surface area contributed by atoms with Crippen molar-refractivity contribution in [1.29, 1.82) is 0 Å². The summed E-state index contributed by atoms with van der Waals surface area (Å²) < 4.78 is 5.07. The zero-order valence-corrected chi connectivity index (χ0v) is 12.6. The molecule has 0 aliphatic heterocycles. The van der Waals surface area contributed by atoms with Gasteiger partial charge in [-0.15, -0.1) is 0 Å². The molecule has 0 aliphatic carbocycles. The molecule has 1 N–H and O–H groups in total. The van der Waals surface area contributed by atoms with Gasteiger partial charge in [-0.2, -0.15) is 0 Å². The van der Waals surface area contributed by atoms with E-state index in [9.17, 15) is 4.79 Å². The van der Waals surface area contributed by atoms with Crippen molar-refractivity contribution < 1.29 is 9.53 Å². The molecule has 0 aliphatic rings. The van der Waals surface area contributed by atoms with Crippen LogP contribution < -0.4 is 10.1 Å². The van der Waals surface area contributed by atoms with Crippen LogP contribution in [0.3, 0.4) is 0 Å². The van der Waals surface area contributed by atoms with Crippen LogP contribution in [0.5, 0.6) is 5.75 Å². The molecule has 0 radical (unpaired) electrons. The first-order valence-corrected chi connectivity index (χ1v) is 7.09. The van der Waals surface area contributed by atoms with Gasteiger partial charge in [-0.25, -0.2) is 0 Å². The number of carbonyl (C=O) groups is 1. The summed E-state index contributed by atoms with van der Waals surface area (Å²) in [5.74, 6) is 0.517. The average molecular weight is 305 g/mol. The van der Waals surface area contributed by atoms with Gasteiger partial charge in [0.25, 0.3) is 5.91 Å². The molecular formula is C18H15N3O2. The minimum absolute atomic E-state index is 0.194. The second-order valence-corrected chi connectivity index (χ2v) is 4.83. The van der Waals surface area contributed by atoms with Crippen molar-refractivity contribution in [2.45, 2.75) is 0 Å². The number of hydrogen-bond acceptors (Lipinski definition) is 4. The first-order chi connectivity index (χ1) is 11.3. The van der Waals surface area contributed by atoms with Crippen molar-refractivity contribution >= 4 is 11.6 Å². The van der Waals surface area contributed by atoms with E-state index in [2.05, 4.69) is 15.3 Å². The number of amides is 1. The Morgan fingerprint density at radius 1 is 0.957 bits per heavy atom. The van der Waals surface area contributed by atoms with Crippen LogP contribution in [-0.2, 0) is 0 Å².